The Morgan fingerprint density at radius 1 is 1.38 bits per heavy atom. The van der Waals surface area contributed by atoms with Crippen LogP contribution in [-0.4, -0.2) is 23.5 Å². The zero-order valence-corrected chi connectivity index (χ0v) is 11.3. The predicted octanol–water partition coefficient (Wildman–Crippen LogP) is 2.36. The molecular formula is C14H11N5O2. The first-order valence-electron chi connectivity index (χ1n) is 6.14. The number of anilines is 1. The highest BCUT2D eigenvalue weighted by molar-refractivity contribution is 5.88. The smallest absolute Gasteiger partial charge is 0.270 e. The highest BCUT2D eigenvalue weighted by Gasteiger charge is 2.13. The Kier molecular flexibility index (Phi) is 3.96. The van der Waals surface area contributed by atoms with Gasteiger partial charge in [0.2, 0.25) is 0 Å². The average Bonchev–Trinajstić information content (AvgIpc) is 2.50. The van der Waals surface area contributed by atoms with Crippen molar-refractivity contribution in [2.45, 2.75) is 6.42 Å². The van der Waals surface area contributed by atoms with Gasteiger partial charge in [-0.1, -0.05) is 0 Å². The van der Waals surface area contributed by atoms with Crippen molar-refractivity contribution in [2.75, 3.05) is 18.5 Å². The molecule has 0 radical (unpaired) electrons. The summed E-state index contributed by atoms with van der Waals surface area (Å²) in [6.45, 7) is 0.493. The molecule has 0 fully saturated rings. The number of pyridine rings is 1. The third kappa shape index (κ3) is 2.88. The van der Waals surface area contributed by atoms with Crippen molar-refractivity contribution in [1.29, 1.82) is 10.5 Å². The molecule has 2 rings (SSSR count). The number of fused-ring (bicyclic) bond motifs is 1. The third-order valence-electron chi connectivity index (χ3n) is 3.06. The first-order chi connectivity index (χ1) is 10.1. The van der Waals surface area contributed by atoms with Crippen LogP contribution in [0, 0.1) is 32.8 Å². The van der Waals surface area contributed by atoms with Crippen molar-refractivity contribution in [3.8, 4) is 12.1 Å². The number of nitro groups is 1. The van der Waals surface area contributed by atoms with E-state index in [1.165, 1.54) is 18.2 Å². The Balaban J connectivity index is 2.55. The summed E-state index contributed by atoms with van der Waals surface area (Å²) in [6, 6.07) is 9.88. The van der Waals surface area contributed by atoms with Gasteiger partial charge in [0.1, 0.15) is 5.82 Å². The van der Waals surface area contributed by atoms with Crippen LogP contribution in [0.2, 0.25) is 0 Å². The van der Waals surface area contributed by atoms with Crippen LogP contribution in [0.25, 0.3) is 10.9 Å². The fourth-order valence-corrected chi connectivity index (χ4v) is 1.93. The molecule has 0 saturated carbocycles. The van der Waals surface area contributed by atoms with Crippen LogP contribution in [0.3, 0.4) is 0 Å². The molecule has 1 heterocycles. The number of rotatable bonds is 4. The highest BCUT2D eigenvalue weighted by atomic mass is 16.6. The van der Waals surface area contributed by atoms with Crippen molar-refractivity contribution in [3.05, 3.63) is 39.9 Å². The maximum Gasteiger partial charge on any atom is 0.270 e. The van der Waals surface area contributed by atoms with Gasteiger partial charge >= 0.3 is 0 Å². The van der Waals surface area contributed by atoms with E-state index < -0.39 is 4.92 Å². The quantitative estimate of drug-likeness (QED) is 0.629. The number of nitro benzene ring substituents is 1. The standard InChI is InChI=1S/C14H11N5O2/c1-18(6-2-5-15)14-7-10(9-16)12-8-11(19(20)21)3-4-13(12)17-14/h3-4,7-8H,2,6H2,1H3. The summed E-state index contributed by atoms with van der Waals surface area (Å²) in [5, 5.41) is 29.1. The third-order valence-corrected chi connectivity index (χ3v) is 3.06. The summed E-state index contributed by atoms with van der Waals surface area (Å²) < 4.78 is 0. The Morgan fingerprint density at radius 3 is 2.76 bits per heavy atom. The van der Waals surface area contributed by atoms with E-state index in [0.717, 1.165) is 0 Å². The first-order valence-corrected chi connectivity index (χ1v) is 6.14. The van der Waals surface area contributed by atoms with E-state index in [1.54, 1.807) is 18.0 Å². The molecule has 0 aliphatic heterocycles. The zero-order valence-electron chi connectivity index (χ0n) is 11.3. The summed E-state index contributed by atoms with van der Waals surface area (Å²) in [4.78, 5) is 16.4. The molecule has 0 N–H and O–H groups in total. The van der Waals surface area contributed by atoms with Crippen LogP contribution < -0.4 is 4.90 Å². The second-order valence-corrected chi connectivity index (χ2v) is 4.43. The summed E-state index contributed by atoms with van der Waals surface area (Å²) in [5.41, 5.74) is 0.757. The largest absolute Gasteiger partial charge is 0.359 e. The molecule has 21 heavy (non-hydrogen) atoms. The number of aromatic nitrogens is 1. The molecule has 0 aliphatic carbocycles. The number of hydrogen-bond donors (Lipinski definition) is 0. The Hall–Kier alpha value is -3.19. The second-order valence-electron chi connectivity index (χ2n) is 4.43. The maximum atomic E-state index is 10.8. The minimum Gasteiger partial charge on any atom is -0.359 e. The number of nitriles is 2. The van der Waals surface area contributed by atoms with Gasteiger partial charge in [-0.15, -0.1) is 0 Å². The summed E-state index contributed by atoms with van der Waals surface area (Å²) in [7, 11) is 1.78. The van der Waals surface area contributed by atoms with Gasteiger partial charge in [-0.2, -0.15) is 10.5 Å². The molecule has 1 aromatic heterocycles. The van der Waals surface area contributed by atoms with Crippen LogP contribution in [0.4, 0.5) is 11.5 Å². The molecule has 0 aliphatic rings. The molecule has 7 heteroatoms. The minimum absolute atomic E-state index is 0.0774. The molecule has 7 nitrogen and oxygen atoms in total. The number of non-ortho nitro benzene ring substituents is 1. The van der Waals surface area contributed by atoms with E-state index in [-0.39, 0.29) is 5.69 Å². The molecule has 0 bridgehead atoms. The van der Waals surface area contributed by atoms with Gasteiger partial charge in [0.15, 0.2) is 0 Å². The number of hydrogen-bond acceptors (Lipinski definition) is 6. The second kappa shape index (κ2) is 5.85. The number of benzene rings is 1. The lowest BCUT2D eigenvalue weighted by atomic mass is 10.1. The summed E-state index contributed by atoms with van der Waals surface area (Å²) in [5.74, 6) is 0.558. The molecule has 0 atom stereocenters. The van der Waals surface area contributed by atoms with Gasteiger partial charge in [0, 0.05) is 31.1 Å². The monoisotopic (exact) mass is 281 g/mol. The SMILES string of the molecule is CN(CCC#N)c1cc(C#N)c2cc([N+](=O)[O-])ccc2n1. The number of nitrogens with zero attached hydrogens (tertiary/aromatic N) is 5. The fourth-order valence-electron chi connectivity index (χ4n) is 1.93. The van der Waals surface area contributed by atoms with Crippen LogP contribution in [-0.2, 0) is 0 Å². The molecule has 0 unspecified atom stereocenters. The zero-order chi connectivity index (χ0) is 15.4. The van der Waals surface area contributed by atoms with Gasteiger partial charge in [-0.3, -0.25) is 10.1 Å². The van der Waals surface area contributed by atoms with E-state index in [0.29, 0.717) is 35.2 Å². The van der Waals surface area contributed by atoms with Crippen LogP contribution in [0.15, 0.2) is 24.3 Å². The highest BCUT2D eigenvalue weighted by Crippen LogP contribution is 2.25. The Labute approximate surface area is 120 Å². The average molecular weight is 281 g/mol. The summed E-state index contributed by atoms with van der Waals surface area (Å²) in [6.07, 6.45) is 0.346. The molecule has 0 spiro atoms. The minimum atomic E-state index is -0.506. The van der Waals surface area contributed by atoms with E-state index in [2.05, 4.69) is 4.98 Å². The normalized spacial score (nSPS) is 9.86. The van der Waals surface area contributed by atoms with Crippen molar-refractivity contribution in [1.82, 2.24) is 4.98 Å². The van der Waals surface area contributed by atoms with E-state index in [1.807, 2.05) is 12.1 Å². The maximum absolute atomic E-state index is 10.8. The topological polar surface area (TPSA) is 107 Å². The lowest BCUT2D eigenvalue weighted by molar-refractivity contribution is -0.384. The Bertz CT molecular complexity index is 788. The van der Waals surface area contributed by atoms with Crippen LogP contribution in [0.1, 0.15) is 12.0 Å². The molecule has 0 amide bonds. The lowest BCUT2D eigenvalue weighted by Crippen LogP contribution is -2.19. The van der Waals surface area contributed by atoms with Crippen molar-refractivity contribution < 1.29 is 4.92 Å². The van der Waals surface area contributed by atoms with Crippen LogP contribution >= 0.6 is 0 Å². The van der Waals surface area contributed by atoms with E-state index in [9.17, 15) is 15.4 Å². The molecule has 1 aromatic carbocycles. The van der Waals surface area contributed by atoms with Gasteiger partial charge in [0.25, 0.3) is 5.69 Å². The molecule has 2 aromatic rings. The van der Waals surface area contributed by atoms with Gasteiger partial charge in [-0.05, 0) is 12.1 Å². The first kappa shape index (κ1) is 14.2. The van der Waals surface area contributed by atoms with Crippen molar-refractivity contribution in [2.24, 2.45) is 0 Å². The van der Waals surface area contributed by atoms with E-state index >= 15 is 0 Å². The van der Waals surface area contributed by atoms with Gasteiger partial charge in [0.05, 0.1) is 34.6 Å². The molecular weight excluding hydrogens is 270 g/mol. The molecule has 0 saturated heterocycles. The van der Waals surface area contributed by atoms with Crippen molar-refractivity contribution >= 4 is 22.4 Å². The Morgan fingerprint density at radius 2 is 2.14 bits per heavy atom. The molecule has 104 valence electrons. The van der Waals surface area contributed by atoms with Crippen molar-refractivity contribution in [3.63, 3.8) is 0 Å². The summed E-state index contributed by atoms with van der Waals surface area (Å²) >= 11 is 0. The van der Waals surface area contributed by atoms with Gasteiger partial charge in [-0.25, -0.2) is 4.98 Å². The van der Waals surface area contributed by atoms with Gasteiger partial charge < -0.3 is 4.90 Å². The predicted molar refractivity (Wildman–Crippen MR) is 76.6 cm³/mol. The fraction of sp³-hybridized carbons (Fsp3) is 0.214. The van der Waals surface area contributed by atoms with E-state index in [4.69, 9.17) is 5.26 Å². The van der Waals surface area contributed by atoms with Crippen LogP contribution in [0.5, 0.6) is 0 Å². The lowest BCUT2D eigenvalue weighted by Gasteiger charge is -2.17.